The van der Waals surface area contributed by atoms with E-state index in [4.69, 9.17) is 5.11 Å². The van der Waals surface area contributed by atoms with Crippen LogP contribution in [0, 0.1) is 0 Å². The number of carboxylic acids is 1. The van der Waals surface area contributed by atoms with E-state index < -0.39 is 5.97 Å². The van der Waals surface area contributed by atoms with E-state index in [0.29, 0.717) is 11.6 Å². The van der Waals surface area contributed by atoms with Crippen molar-refractivity contribution in [3.05, 3.63) is 29.3 Å². The first-order chi connectivity index (χ1) is 8.09. The molecule has 5 nitrogen and oxygen atoms in total. The summed E-state index contributed by atoms with van der Waals surface area (Å²) in [6.45, 7) is 0. The van der Waals surface area contributed by atoms with Crippen LogP contribution in [0.15, 0.2) is 23.7 Å². The molecule has 2 heterocycles. The summed E-state index contributed by atoms with van der Waals surface area (Å²) in [5.41, 5.74) is 0.107. The Labute approximate surface area is 102 Å². The molecule has 1 N–H and O–H groups in total. The molecule has 0 fully saturated rings. The van der Waals surface area contributed by atoms with Gasteiger partial charge in [-0.3, -0.25) is 0 Å². The van der Waals surface area contributed by atoms with E-state index in [0.717, 1.165) is 4.88 Å². The van der Waals surface area contributed by atoms with Gasteiger partial charge in [0, 0.05) is 20.3 Å². The highest BCUT2D eigenvalue weighted by atomic mass is 32.1. The lowest BCUT2D eigenvalue weighted by molar-refractivity contribution is 0.0697. The van der Waals surface area contributed by atoms with Crippen LogP contribution in [0.4, 0.5) is 5.82 Å². The molecule has 17 heavy (non-hydrogen) atoms. The Hall–Kier alpha value is -1.95. The van der Waals surface area contributed by atoms with Gasteiger partial charge >= 0.3 is 5.97 Å². The summed E-state index contributed by atoms with van der Waals surface area (Å²) < 4.78 is 0. The molecule has 88 valence electrons. The van der Waals surface area contributed by atoms with Gasteiger partial charge in [0.15, 0.2) is 5.82 Å². The Bertz CT molecular complexity index is 538. The maximum Gasteiger partial charge on any atom is 0.341 e. The molecule has 0 unspecified atom stereocenters. The monoisotopic (exact) mass is 249 g/mol. The van der Waals surface area contributed by atoms with Gasteiger partial charge in [-0.25, -0.2) is 14.8 Å². The molecule has 0 saturated heterocycles. The molecular weight excluding hydrogens is 238 g/mol. The Morgan fingerprint density at radius 2 is 2.24 bits per heavy atom. The first kappa shape index (κ1) is 11.5. The summed E-state index contributed by atoms with van der Waals surface area (Å²) in [5.74, 6) is -0.0592. The highest BCUT2D eigenvalue weighted by Crippen LogP contribution is 2.24. The van der Waals surface area contributed by atoms with Crippen LogP contribution in [-0.2, 0) is 0 Å². The quantitative estimate of drug-likeness (QED) is 0.900. The predicted molar refractivity (Wildman–Crippen MR) is 66.6 cm³/mol. The zero-order valence-electron chi connectivity index (χ0n) is 9.41. The molecule has 0 amide bonds. The van der Waals surface area contributed by atoms with Crippen molar-refractivity contribution in [1.82, 2.24) is 9.97 Å². The number of anilines is 1. The third-order valence-corrected chi connectivity index (χ3v) is 3.03. The Morgan fingerprint density at radius 1 is 1.47 bits per heavy atom. The van der Waals surface area contributed by atoms with Gasteiger partial charge in [0.25, 0.3) is 0 Å². The van der Waals surface area contributed by atoms with Crippen LogP contribution < -0.4 is 4.90 Å². The molecule has 0 aliphatic carbocycles. The number of hydrogen-bond donors (Lipinski definition) is 1. The van der Waals surface area contributed by atoms with E-state index >= 15 is 0 Å². The van der Waals surface area contributed by atoms with Crippen molar-refractivity contribution < 1.29 is 9.90 Å². The number of carbonyl (C=O) groups is 1. The number of carboxylic acid groups (broad SMARTS) is 1. The lowest BCUT2D eigenvalue weighted by Crippen LogP contribution is -2.16. The molecule has 0 saturated carbocycles. The van der Waals surface area contributed by atoms with Crippen molar-refractivity contribution in [2.45, 2.75) is 0 Å². The van der Waals surface area contributed by atoms with Gasteiger partial charge < -0.3 is 10.0 Å². The first-order valence-electron chi connectivity index (χ1n) is 4.91. The fourth-order valence-electron chi connectivity index (χ4n) is 1.39. The van der Waals surface area contributed by atoms with Gasteiger partial charge in [0.2, 0.25) is 0 Å². The maximum absolute atomic E-state index is 11.0. The van der Waals surface area contributed by atoms with Crippen LogP contribution >= 0.6 is 11.3 Å². The van der Waals surface area contributed by atoms with Gasteiger partial charge in [-0.05, 0) is 11.4 Å². The largest absolute Gasteiger partial charge is 0.477 e. The van der Waals surface area contributed by atoms with Crippen molar-refractivity contribution in [3.8, 4) is 10.7 Å². The number of rotatable bonds is 3. The lowest BCUT2D eigenvalue weighted by Gasteiger charge is -2.14. The molecule has 0 spiro atoms. The number of thiophene rings is 1. The van der Waals surface area contributed by atoms with E-state index in [1.54, 1.807) is 19.0 Å². The van der Waals surface area contributed by atoms with Crippen LogP contribution in [-0.4, -0.2) is 35.1 Å². The molecule has 2 rings (SSSR count). The fraction of sp³-hybridized carbons (Fsp3) is 0.182. The van der Waals surface area contributed by atoms with Crippen molar-refractivity contribution in [3.63, 3.8) is 0 Å². The second-order valence-electron chi connectivity index (χ2n) is 3.61. The van der Waals surface area contributed by atoms with Gasteiger partial charge in [0.05, 0.1) is 4.88 Å². The molecule has 0 aliphatic heterocycles. The van der Waals surface area contributed by atoms with Gasteiger partial charge in [-0.15, -0.1) is 11.3 Å². The summed E-state index contributed by atoms with van der Waals surface area (Å²) in [6, 6.07) is 3.81. The van der Waals surface area contributed by atoms with Crippen LogP contribution in [0.2, 0.25) is 0 Å². The molecule has 0 aliphatic rings. The molecule has 6 heteroatoms. The molecule has 2 aromatic rings. The molecule has 0 aromatic carbocycles. The molecule has 0 bridgehead atoms. The van der Waals surface area contributed by atoms with Crippen LogP contribution in [0.5, 0.6) is 0 Å². The summed E-state index contributed by atoms with van der Waals surface area (Å²) in [6.07, 6.45) is 1.35. The molecular formula is C11H11N3O2S. The fourth-order valence-corrected chi connectivity index (χ4v) is 2.05. The average Bonchev–Trinajstić information content (AvgIpc) is 2.81. The number of aromatic carboxylic acids is 1. The van der Waals surface area contributed by atoms with Crippen molar-refractivity contribution in [2.24, 2.45) is 0 Å². The summed E-state index contributed by atoms with van der Waals surface area (Å²) in [7, 11) is 3.51. The van der Waals surface area contributed by atoms with Crippen LogP contribution in [0.1, 0.15) is 10.4 Å². The number of hydrogen-bond acceptors (Lipinski definition) is 5. The van der Waals surface area contributed by atoms with Crippen molar-refractivity contribution >= 4 is 23.1 Å². The molecule has 0 radical (unpaired) electrons. The van der Waals surface area contributed by atoms with E-state index in [-0.39, 0.29) is 5.56 Å². The smallest absolute Gasteiger partial charge is 0.341 e. The van der Waals surface area contributed by atoms with Crippen molar-refractivity contribution in [2.75, 3.05) is 19.0 Å². The first-order valence-corrected chi connectivity index (χ1v) is 5.79. The minimum absolute atomic E-state index is 0.107. The third-order valence-electron chi connectivity index (χ3n) is 2.16. The predicted octanol–water partition coefficient (Wildman–Crippen LogP) is 1.97. The van der Waals surface area contributed by atoms with E-state index in [9.17, 15) is 4.79 Å². The lowest BCUT2D eigenvalue weighted by atomic mass is 10.3. The Morgan fingerprint density at radius 3 is 2.76 bits per heavy atom. The third kappa shape index (κ3) is 2.26. The topological polar surface area (TPSA) is 66.3 Å². The normalized spacial score (nSPS) is 10.2. The Balaban J connectivity index is 2.53. The molecule has 2 aromatic heterocycles. The number of nitrogens with zero attached hydrogens (tertiary/aromatic N) is 3. The highest BCUT2D eigenvalue weighted by Gasteiger charge is 2.16. The van der Waals surface area contributed by atoms with Crippen LogP contribution in [0.3, 0.4) is 0 Å². The van der Waals surface area contributed by atoms with Crippen LogP contribution in [0.25, 0.3) is 10.7 Å². The second-order valence-corrected chi connectivity index (χ2v) is 4.56. The zero-order valence-corrected chi connectivity index (χ0v) is 10.2. The average molecular weight is 249 g/mol. The highest BCUT2D eigenvalue weighted by molar-refractivity contribution is 7.13. The standard InChI is InChI=1S/C11H11N3O2S/c1-14(2)10-7(11(15)16)6-12-9(13-10)8-4-3-5-17-8/h3-6H,1-2H3,(H,15,16). The minimum Gasteiger partial charge on any atom is -0.477 e. The SMILES string of the molecule is CN(C)c1nc(-c2cccs2)ncc1C(=O)O. The van der Waals surface area contributed by atoms with E-state index in [2.05, 4.69) is 9.97 Å². The van der Waals surface area contributed by atoms with Gasteiger partial charge in [0.1, 0.15) is 11.4 Å². The van der Waals surface area contributed by atoms with Gasteiger partial charge in [-0.1, -0.05) is 6.07 Å². The summed E-state index contributed by atoms with van der Waals surface area (Å²) in [5, 5.41) is 11.0. The van der Waals surface area contributed by atoms with E-state index in [1.807, 2.05) is 17.5 Å². The minimum atomic E-state index is -1.02. The summed E-state index contributed by atoms with van der Waals surface area (Å²) >= 11 is 1.52. The second kappa shape index (κ2) is 4.50. The van der Waals surface area contributed by atoms with E-state index in [1.165, 1.54) is 17.5 Å². The van der Waals surface area contributed by atoms with Crippen molar-refractivity contribution in [1.29, 1.82) is 0 Å². The Kier molecular flexibility index (Phi) is 3.06. The molecule has 0 atom stereocenters. The van der Waals surface area contributed by atoms with Gasteiger partial charge in [-0.2, -0.15) is 0 Å². The maximum atomic E-state index is 11.0. The summed E-state index contributed by atoms with van der Waals surface area (Å²) in [4.78, 5) is 22.0. The number of aromatic nitrogens is 2. The zero-order chi connectivity index (χ0) is 12.4.